The van der Waals surface area contributed by atoms with E-state index in [1.54, 1.807) is 12.1 Å². The summed E-state index contributed by atoms with van der Waals surface area (Å²) in [6.45, 7) is 1.87. The zero-order valence-corrected chi connectivity index (χ0v) is 25.1. The molecule has 0 aromatic heterocycles. The number of ether oxygens (including phenoxy) is 1. The van der Waals surface area contributed by atoms with Crippen molar-refractivity contribution in [1.82, 2.24) is 0 Å². The van der Waals surface area contributed by atoms with Gasteiger partial charge in [0, 0.05) is 36.5 Å². The van der Waals surface area contributed by atoms with Crippen LogP contribution in [0.2, 0.25) is 0 Å². The molecule has 8 nitrogen and oxygen atoms in total. The number of carbonyl (C=O) groups excluding carboxylic acids is 3. The second-order valence-electron chi connectivity index (χ2n) is 10.5. The van der Waals surface area contributed by atoms with Gasteiger partial charge in [-0.1, -0.05) is 36.4 Å². The van der Waals surface area contributed by atoms with Crippen molar-refractivity contribution in [3.63, 3.8) is 0 Å². The molecule has 0 spiro atoms. The monoisotopic (exact) mass is 679 g/mol. The fourth-order valence-electron chi connectivity index (χ4n) is 4.63. The van der Waals surface area contributed by atoms with E-state index < -0.39 is 40.9 Å². The summed E-state index contributed by atoms with van der Waals surface area (Å²) >= 11 is 0. The van der Waals surface area contributed by atoms with Crippen molar-refractivity contribution in [1.29, 1.82) is 0 Å². The molecule has 0 saturated carbocycles. The highest BCUT2D eigenvalue weighted by atomic mass is 127. The standard InChI is InChI=1S/C30H31F2N3O5.HI/c1-35(2)14-12-21(13-15-35)40-30(39)34-26-10-8-19(16-22(26)20-6-4-3-5-7-20)9-11-28(36)33-27-18-24(31)23(29(37)38)17-25(27)32;/h3-8,10,16-18,21H,9,11-15H2,1-2H3,(H2-,33,34,36,37,38,39);1H. The fourth-order valence-corrected chi connectivity index (χ4v) is 4.63. The summed E-state index contributed by atoms with van der Waals surface area (Å²) < 4.78 is 34.6. The number of hydrogen-bond acceptors (Lipinski definition) is 5. The predicted octanol–water partition coefficient (Wildman–Crippen LogP) is 4.97. The summed E-state index contributed by atoms with van der Waals surface area (Å²) in [7, 11) is 4.31. The molecular formula is C30H32F2IN3O5. The van der Waals surface area contributed by atoms with Gasteiger partial charge in [-0.2, -0.15) is 0 Å². The van der Waals surface area contributed by atoms with E-state index in [0.29, 0.717) is 17.8 Å². The number of piperidine rings is 1. The van der Waals surface area contributed by atoms with Crippen LogP contribution in [0.1, 0.15) is 35.2 Å². The average molecular weight is 680 g/mol. The topological polar surface area (TPSA) is 108 Å². The second kappa shape index (κ2) is 13.9. The number of halogens is 3. The number of aryl methyl sites for hydroxylation is 1. The quantitative estimate of drug-likeness (QED) is 0.259. The van der Waals surface area contributed by atoms with Gasteiger partial charge in [0.05, 0.1) is 44.5 Å². The van der Waals surface area contributed by atoms with Crippen molar-refractivity contribution < 1.29 is 37.5 Å². The molecule has 0 aliphatic carbocycles. The van der Waals surface area contributed by atoms with Gasteiger partial charge < -0.3 is 24.4 Å². The smallest absolute Gasteiger partial charge is 0.411 e. The van der Waals surface area contributed by atoms with E-state index in [1.807, 2.05) is 36.4 Å². The number of carboxylic acid groups (broad SMARTS) is 1. The third kappa shape index (κ3) is 8.70. The van der Waals surface area contributed by atoms with Crippen LogP contribution in [0.5, 0.6) is 0 Å². The number of quaternary nitrogens is 1. The normalized spacial score (nSPS) is 14.4. The minimum Gasteiger partial charge on any atom is -0.545 e. The maximum Gasteiger partial charge on any atom is 0.411 e. The minimum absolute atomic E-state index is 0. The first-order chi connectivity index (χ1) is 19.0. The number of nitrogens with one attached hydrogen (secondary N) is 2. The average Bonchev–Trinajstić information content (AvgIpc) is 2.91. The van der Waals surface area contributed by atoms with Gasteiger partial charge in [-0.15, -0.1) is 24.0 Å². The van der Waals surface area contributed by atoms with E-state index in [0.717, 1.165) is 47.1 Å². The van der Waals surface area contributed by atoms with Crippen LogP contribution in [0.15, 0.2) is 60.7 Å². The molecule has 0 unspecified atom stereocenters. The van der Waals surface area contributed by atoms with Crippen molar-refractivity contribution in [2.24, 2.45) is 0 Å². The van der Waals surface area contributed by atoms with Crippen molar-refractivity contribution in [2.75, 3.05) is 37.8 Å². The van der Waals surface area contributed by atoms with Crippen LogP contribution < -0.4 is 15.7 Å². The molecule has 1 heterocycles. The maximum absolute atomic E-state index is 14.2. The summed E-state index contributed by atoms with van der Waals surface area (Å²) in [5.41, 5.74) is 1.54. The van der Waals surface area contributed by atoms with Crippen LogP contribution in [0.25, 0.3) is 11.1 Å². The number of carbonyl (C=O) groups is 3. The van der Waals surface area contributed by atoms with E-state index in [1.165, 1.54) is 0 Å². The van der Waals surface area contributed by atoms with Crippen molar-refractivity contribution >= 4 is 53.3 Å². The minimum atomic E-state index is -1.85. The molecule has 0 bridgehead atoms. The molecule has 1 aliphatic heterocycles. The Kier molecular flexibility index (Phi) is 10.8. The van der Waals surface area contributed by atoms with Gasteiger partial charge in [0.25, 0.3) is 0 Å². The van der Waals surface area contributed by atoms with E-state index in [9.17, 15) is 28.3 Å². The summed E-state index contributed by atoms with van der Waals surface area (Å²) in [5, 5.41) is 16.0. The van der Waals surface area contributed by atoms with Gasteiger partial charge in [-0.25, -0.2) is 13.6 Å². The number of nitrogens with zero attached hydrogens (tertiary/aromatic N) is 1. The SMILES string of the molecule is C[N+]1(C)CCC(OC(=O)Nc2ccc(CCC(=O)Nc3cc(F)c(C(=O)[O-])cc3F)cc2-c2ccccc2)CC1.I. The zero-order valence-electron chi connectivity index (χ0n) is 22.7. The lowest BCUT2D eigenvalue weighted by Gasteiger charge is -2.36. The number of likely N-dealkylation sites (tertiary alicyclic amines) is 1. The summed E-state index contributed by atoms with van der Waals surface area (Å²) in [4.78, 5) is 36.0. The highest BCUT2D eigenvalue weighted by Crippen LogP contribution is 2.30. The molecular weight excluding hydrogens is 647 g/mol. The molecule has 4 rings (SSSR count). The molecule has 2 N–H and O–H groups in total. The molecule has 3 aromatic rings. The van der Waals surface area contributed by atoms with Gasteiger partial charge in [-0.05, 0) is 35.7 Å². The molecule has 1 aliphatic rings. The maximum atomic E-state index is 14.2. The molecule has 0 radical (unpaired) electrons. The van der Waals surface area contributed by atoms with Crippen LogP contribution in [0.4, 0.5) is 25.0 Å². The number of hydrogen-bond donors (Lipinski definition) is 2. The Balaban J connectivity index is 0.00000462. The highest BCUT2D eigenvalue weighted by Gasteiger charge is 2.28. The largest absolute Gasteiger partial charge is 0.545 e. The van der Waals surface area contributed by atoms with E-state index in [2.05, 4.69) is 24.7 Å². The van der Waals surface area contributed by atoms with Gasteiger partial charge in [-0.3, -0.25) is 10.1 Å². The predicted molar refractivity (Wildman–Crippen MR) is 160 cm³/mol. The first-order valence-electron chi connectivity index (χ1n) is 13.0. The number of amides is 2. The molecule has 3 aromatic carbocycles. The van der Waals surface area contributed by atoms with E-state index in [-0.39, 0.29) is 42.9 Å². The van der Waals surface area contributed by atoms with Gasteiger partial charge in [0.2, 0.25) is 5.91 Å². The van der Waals surface area contributed by atoms with Crippen molar-refractivity contribution in [3.8, 4) is 11.1 Å². The summed E-state index contributed by atoms with van der Waals surface area (Å²) in [5.74, 6) is -4.73. The van der Waals surface area contributed by atoms with Crippen LogP contribution in [-0.2, 0) is 16.0 Å². The Labute approximate surface area is 254 Å². The number of anilines is 2. The van der Waals surface area contributed by atoms with E-state index >= 15 is 0 Å². The van der Waals surface area contributed by atoms with Crippen LogP contribution >= 0.6 is 24.0 Å². The Bertz CT molecular complexity index is 1410. The summed E-state index contributed by atoms with van der Waals surface area (Å²) in [6, 6.07) is 15.9. The molecule has 1 fully saturated rings. The fraction of sp³-hybridized carbons (Fsp3) is 0.300. The first kappa shape index (κ1) is 31.9. The third-order valence-corrected chi connectivity index (χ3v) is 6.98. The molecule has 11 heteroatoms. The van der Waals surface area contributed by atoms with Gasteiger partial charge >= 0.3 is 6.09 Å². The Morgan fingerprint density at radius 2 is 1.61 bits per heavy atom. The van der Waals surface area contributed by atoms with Crippen LogP contribution in [-0.4, -0.2) is 55.7 Å². The zero-order chi connectivity index (χ0) is 28.9. The van der Waals surface area contributed by atoms with Gasteiger partial charge in [0.1, 0.15) is 17.7 Å². The Hall–Kier alpha value is -3.58. The molecule has 218 valence electrons. The first-order valence-corrected chi connectivity index (χ1v) is 13.0. The van der Waals surface area contributed by atoms with E-state index in [4.69, 9.17) is 4.74 Å². The highest BCUT2D eigenvalue weighted by molar-refractivity contribution is 14.0. The Morgan fingerprint density at radius 3 is 2.27 bits per heavy atom. The number of benzene rings is 3. The van der Waals surface area contributed by atoms with Crippen molar-refractivity contribution in [2.45, 2.75) is 31.8 Å². The van der Waals surface area contributed by atoms with Crippen molar-refractivity contribution in [3.05, 3.63) is 83.4 Å². The number of aromatic carboxylic acids is 1. The molecule has 1 saturated heterocycles. The number of carboxylic acids is 1. The molecule has 41 heavy (non-hydrogen) atoms. The van der Waals surface area contributed by atoms with Crippen LogP contribution in [0.3, 0.4) is 0 Å². The molecule has 0 atom stereocenters. The Morgan fingerprint density at radius 1 is 0.927 bits per heavy atom. The lowest BCUT2D eigenvalue weighted by atomic mass is 9.98. The van der Waals surface area contributed by atoms with Gasteiger partial charge in [0.15, 0.2) is 0 Å². The third-order valence-electron chi connectivity index (χ3n) is 6.98. The second-order valence-corrected chi connectivity index (χ2v) is 10.5. The summed E-state index contributed by atoms with van der Waals surface area (Å²) in [6.07, 6.45) is 1.14. The lowest BCUT2D eigenvalue weighted by molar-refractivity contribution is -0.896. The number of rotatable bonds is 8. The lowest BCUT2D eigenvalue weighted by Crippen LogP contribution is -2.48. The molecule has 2 amide bonds. The van der Waals surface area contributed by atoms with Crippen LogP contribution in [0, 0.1) is 11.6 Å².